The van der Waals surface area contributed by atoms with Crippen LogP contribution in [-0.2, 0) is 28.7 Å². The predicted molar refractivity (Wildman–Crippen MR) is 164 cm³/mol. The summed E-state index contributed by atoms with van der Waals surface area (Å²) in [7, 11) is 0. The van der Waals surface area contributed by atoms with Crippen molar-refractivity contribution >= 4 is 0 Å². The van der Waals surface area contributed by atoms with Gasteiger partial charge in [0.25, 0.3) is 0 Å². The van der Waals surface area contributed by atoms with Gasteiger partial charge in [-0.3, -0.25) is 0 Å². The zero-order valence-electron chi connectivity index (χ0n) is 25.8. The number of hydrogen-bond acceptors (Lipinski definition) is 4. The Morgan fingerprint density at radius 2 is 1.32 bits per heavy atom. The zero-order valence-corrected chi connectivity index (χ0v) is 25.8. The van der Waals surface area contributed by atoms with Crippen molar-refractivity contribution in [2.75, 3.05) is 26.4 Å². The van der Waals surface area contributed by atoms with E-state index in [1.54, 1.807) is 18.5 Å². The largest absolute Gasteiger partial charge is 0.381 e. The summed E-state index contributed by atoms with van der Waals surface area (Å²) in [5, 5.41) is 0. The molecule has 0 saturated heterocycles. The maximum Gasteiger partial charge on any atom is 0.170 e. The molecule has 0 radical (unpaired) electrons. The average Bonchev–Trinajstić information content (AvgIpc) is 2.99. The van der Waals surface area contributed by atoms with Crippen LogP contribution >= 0.6 is 0 Å². The predicted octanol–water partition coefficient (Wildman–Crippen LogP) is 9.60. The molecule has 1 aromatic carbocycles. The van der Waals surface area contributed by atoms with Gasteiger partial charge in [-0.25, -0.2) is 18.7 Å². The lowest BCUT2D eigenvalue weighted by atomic mass is 9.80. The van der Waals surface area contributed by atoms with Gasteiger partial charge in [-0.1, -0.05) is 71.6 Å². The van der Waals surface area contributed by atoms with E-state index in [9.17, 15) is 0 Å². The standard InChI is InChI=1S/C35H54F2N2O2/c1-3-5-7-13-21-41-23-15-9-11-17-29-26-38-35(39-27-29)32-25-30-19-18-28(24-31(30)33(36)34(32)37)16-10-8-14-22-40-20-12-6-4-2/h25-28H,3-24H2,1-2H3. The molecule has 1 heterocycles. The van der Waals surface area contributed by atoms with Gasteiger partial charge >= 0.3 is 0 Å². The molecule has 4 nitrogen and oxygen atoms in total. The fourth-order valence-corrected chi connectivity index (χ4v) is 5.76. The molecule has 1 unspecified atom stereocenters. The van der Waals surface area contributed by atoms with Crippen molar-refractivity contribution in [1.82, 2.24) is 9.97 Å². The minimum absolute atomic E-state index is 0.182. The normalized spacial score (nSPS) is 14.9. The second kappa shape index (κ2) is 20.1. The van der Waals surface area contributed by atoms with Gasteiger partial charge in [-0.05, 0) is 86.5 Å². The van der Waals surface area contributed by atoms with Gasteiger partial charge in [-0.2, -0.15) is 0 Å². The van der Waals surface area contributed by atoms with Crippen LogP contribution in [0.4, 0.5) is 8.78 Å². The Balaban J connectivity index is 1.39. The van der Waals surface area contributed by atoms with Crippen LogP contribution in [0.5, 0.6) is 0 Å². The third-order valence-electron chi connectivity index (χ3n) is 8.35. The summed E-state index contributed by atoms with van der Waals surface area (Å²) >= 11 is 0. The summed E-state index contributed by atoms with van der Waals surface area (Å²) in [5.41, 5.74) is 2.68. The highest BCUT2D eigenvalue weighted by Crippen LogP contribution is 2.35. The number of fused-ring (bicyclic) bond motifs is 1. The van der Waals surface area contributed by atoms with Crippen LogP contribution in [0.3, 0.4) is 0 Å². The quantitative estimate of drug-likeness (QED) is 0.132. The molecule has 0 N–H and O–H groups in total. The molecule has 3 rings (SSSR count). The van der Waals surface area contributed by atoms with Gasteiger partial charge in [0.2, 0.25) is 0 Å². The first-order chi connectivity index (χ1) is 20.1. The monoisotopic (exact) mass is 572 g/mol. The number of rotatable bonds is 22. The first-order valence-corrected chi connectivity index (χ1v) is 16.6. The Hall–Kier alpha value is -1.92. The molecule has 1 aromatic heterocycles. The first-order valence-electron chi connectivity index (χ1n) is 16.6. The van der Waals surface area contributed by atoms with E-state index in [0.717, 1.165) is 115 Å². The lowest BCUT2D eigenvalue weighted by molar-refractivity contribution is 0.125. The first kappa shape index (κ1) is 33.6. The molecule has 0 bridgehead atoms. The fraction of sp³-hybridized carbons (Fsp3) is 0.714. The fourth-order valence-electron chi connectivity index (χ4n) is 5.76. The maximum atomic E-state index is 15.2. The molecule has 2 aromatic rings. The number of aryl methyl sites for hydroxylation is 2. The van der Waals surface area contributed by atoms with Crippen LogP contribution in [-0.4, -0.2) is 36.4 Å². The number of nitrogens with zero attached hydrogens (tertiary/aromatic N) is 2. The van der Waals surface area contributed by atoms with Crippen LogP contribution in [0, 0.1) is 17.6 Å². The molecule has 0 aliphatic heterocycles. The maximum absolute atomic E-state index is 15.2. The third-order valence-corrected chi connectivity index (χ3v) is 8.35. The van der Waals surface area contributed by atoms with Gasteiger partial charge in [0.15, 0.2) is 17.5 Å². The topological polar surface area (TPSA) is 44.2 Å². The van der Waals surface area contributed by atoms with E-state index in [2.05, 4.69) is 23.8 Å². The molecule has 0 amide bonds. The van der Waals surface area contributed by atoms with Crippen LogP contribution < -0.4 is 0 Å². The molecular formula is C35H54F2N2O2. The molecule has 1 aliphatic carbocycles. The van der Waals surface area contributed by atoms with Gasteiger partial charge in [0, 0.05) is 38.8 Å². The van der Waals surface area contributed by atoms with Gasteiger partial charge in [-0.15, -0.1) is 0 Å². The number of aromatic nitrogens is 2. The Morgan fingerprint density at radius 3 is 1.98 bits per heavy atom. The molecule has 6 heteroatoms. The Labute approximate surface area is 248 Å². The third kappa shape index (κ3) is 12.1. The molecule has 41 heavy (non-hydrogen) atoms. The van der Waals surface area contributed by atoms with E-state index in [1.807, 2.05) is 0 Å². The molecule has 0 spiro atoms. The summed E-state index contributed by atoms with van der Waals surface area (Å²) in [6, 6.07) is 1.79. The Kier molecular flexibility index (Phi) is 16.4. The number of halogens is 2. The van der Waals surface area contributed by atoms with Crippen molar-refractivity contribution in [1.29, 1.82) is 0 Å². The van der Waals surface area contributed by atoms with Gasteiger partial charge in [0.1, 0.15) is 0 Å². The molecular weight excluding hydrogens is 518 g/mol. The van der Waals surface area contributed by atoms with E-state index >= 15 is 8.78 Å². The molecule has 230 valence electrons. The minimum atomic E-state index is -0.813. The lowest BCUT2D eigenvalue weighted by Gasteiger charge is -2.26. The number of hydrogen-bond donors (Lipinski definition) is 0. The van der Waals surface area contributed by atoms with E-state index in [4.69, 9.17) is 9.47 Å². The second-order valence-corrected chi connectivity index (χ2v) is 11.9. The number of unbranched alkanes of at least 4 members (excludes halogenated alkanes) is 9. The Morgan fingerprint density at radius 1 is 0.732 bits per heavy atom. The van der Waals surface area contributed by atoms with Crippen LogP contribution in [0.2, 0.25) is 0 Å². The summed E-state index contributed by atoms with van der Waals surface area (Å²) in [6.45, 7) is 7.80. The smallest absolute Gasteiger partial charge is 0.170 e. The molecule has 1 aliphatic rings. The highest BCUT2D eigenvalue weighted by Gasteiger charge is 2.26. The van der Waals surface area contributed by atoms with Crippen molar-refractivity contribution in [2.45, 2.75) is 129 Å². The van der Waals surface area contributed by atoms with Gasteiger partial charge < -0.3 is 9.47 Å². The average molecular weight is 573 g/mol. The van der Waals surface area contributed by atoms with Crippen LogP contribution in [0.1, 0.15) is 127 Å². The summed E-state index contributed by atoms with van der Waals surface area (Å²) in [6.07, 6.45) is 23.0. The minimum Gasteiger partial charge on any atom is -0.381 e. The molecule has 0 saturated carbocycles. The highest BCUT2D eigenvalue weighted by atomic mass is 19.2. The zero-order chi connectivity index (χ0) is 29.1. The lowest BCUT2D eigenvalue weighted by Crippen LogP contribution is -2.17. The molecule has 0 fully saturated rings. The highest BCUT2D eigenvalue weighted by molar-refractivity contribution is 5.59. The van der Waals surface area contributed by atoms with Crippen molar-refractivity contribution in [3.05, 3.63) is 46.8 Å². The summed E-state index contributed by atoms with van der Waals surface area (Å²) in [5.74, 6) is -0.834. The number of ether oxygens (including phenoxy) is 2. The number of benzene rings is 1. The SMILES string of the molecule is CCCCCCOCCCCCc1cnc(-c2cc3c(c(F)c2F)CC(CCCCCOCCCCC)CC3)nc1. The van der Waals surface area contributed by atoms with Crippen LogP contribution in [0.25, 0.3) is 11.4 Å². The van der Waals surface area contributed by atoms with Crippen molar-refractivity contribution in [3.8, 4) is 11.4 Å². The van der Waals surface area contributed by atoms with E-state index in [0.29, 0.717) is 17.9 Å². The van der Waals surface area contributed by atoms with E-state index in [1.165, 1.54) is 32.1 Å². The van der Waals surface area contributed by atoms with Crippen molar-refractivity contribution in [3.63, 3.8) is 0 Å². The second-order valence-electron chi connectivity index (χ2n) is 11.9. The van der Waals surface area contributed by atoms with Gasteiger partial charge in [0.05, 0.1) is 5.56 Å². The van der Waals surface area contributed by atoms with Crippen LogP contribution in [0.15, 0.2) is 18.5 Å². The van der Waals surface area contributed by atoms with E-state index < -0.39 is 11.6 Å². The van der Waals surface area contributed by atoms with Crippen molar-refractivity contribution in [2.24, 2.45) is 5.92 Å². The molecule has 1 atom stereocenters. The van der Waals surface area contributed by atoms with Crippen molar-refractivity contribution < 1.29 is 18.3 Å². The Bertz CT molecular complexity index is 983. The van der Waals surface area contributed by atoms with E-state index in [-0.39, 0.29) is 11.4 Å². The summed E-state index contributed by atoms with van der Waals surface area (Å²) in [4.78, 5) is 8.82. The summed E-state index contributed by atoms with van der Waals surface area (Å²) < 4.78 is 41.8.